The molecule has 0 aromatic carbocycles. The summed E-state index contributed by atoms with van der Waals surface area (Å²) in [6.45, 7) is 2.84. The molecule has 0 amide bonds. The summed E-state index contributed by atoms with van der Waals surface area (Å²) >= 11 is 0. The molecule has 0 bridgehead atoms. The van der Waals surface area contributed by atoms with Gasteiger partial charge in [-0.05, 0) is 30.9 Å². The highest BCUT2D eigenvalue weighted by Crippen LogP contribution is 2.30. The number of fused-ring (bicyclic) bond motifs is 1. The summed E-state index contributed by atoms with van der Waals surface area (Å²) in [4.78, 5) is 6.79. The molecule has 1 aromatic heterocycles. The second-order valence-electron chi connectivity index (χ2n) is 5.07. The van der Waals surface area contributed by atoms with Crippen molar-refractivity contribution in [2.75, 3.05) is 18.6 Å². The fourth-order valence-corrected chi connectivity index (χ4v) is 3.04. The minimum absolute atomic E-state index is 0.455. The smallest absolute Gasteiger partial charge is 0.139 e. The average molecular weight is 248 g/mol. The highest BCUT2D eigenvalue weighted by Gasteiger charge is 2.35. The van der Waals surface area contributed by atoms with Crippen molar-refractivity contribution in [3.63, 3.8) is 0 Å². The number of morpholine rings is 1. The lowest BCUT2D eigenvalue weighted by Crippen LogP contribution is -2.47. The van der Waals surface area contributed by atoms with Gasteiger partial charge >= 0.3 is 0 Å². The van der Waals surface area contributed by atoms with Crippen LogP contribution in [0.15, 0.2) is 18.3 Å². The van der Waals surface area contributed by atoms with Crippen LogP contribution in [0.4, 0.5) is 5.82 Å². The van der Waals surface area contributed by atoms with E-state index in [0.29, 0.717) is 18.0 Å². The topological polar surface area (TPSA) is 63.4 Å². The maximum atomic E-state index is 5.82. The minimum Gasteiger partial charge on any atom is -0.375 e. The molecular formula is C13H20N4O. The minimum atomic E-state index is 0.455. The summed E-state index contributed by atoms with van der Waals surface area (Å²) in [5, 5.41) is 0. The van der Waals surface area contributed by atoms with Crippen molar-refractivity contribution in [3.05, 3.63) is 23.9 Å². The number of nitrogens with zero attached hydrogens (tertiary/aromatic N) is 2. The SMILES string of the molecule is NNc1ccc(CN2CCOC3CCCC32)cn1. The van der Waals surface area contributed by atoms with E-state index in [-0.39, 0.29) is 0 Å². The Morgan fingerprint density at radius 3 is 3.17 bits per heavy atom. The Morgan fingerprint density at radius 2 is 2.39 bits per heavy atom. The first-order valence-electron chi connectivity index (χ1n) is 6.64. The molecule has 2 fully saturated rings. The largest absolute Gasteiger partial charge is 0.375 e. The number of hydrogen-bond acceptors (Lipinski definition) is 5. The van der Waals surface area contributed by atoms with Crippen LogP contribution >= 0.6 is 0 Å². The molecular weight excluding hydrogens is 228 g/mol. The maximum absolute atomic E-state index is 5.82. The van der Waals surface area contributed by atoms with Gasteiger partial charge in [0.25, 0.3) is 0 Å². The number of pyridine rings is 1. The molecule has 2 heterocycles. The van der Waals surface area contributed by atoms with Crippen molar-refractivity contribution in [1.82, 2.24) is 9.88 Å². The zero-order chi connectivity index (χ0) is 12.4. The summed E-state index contributed by atoms with van der Waals surface area (Å²) in [7, 11) is 0. The maximum Gasteiger partial charge on any atom is 0.139 e. The molecule has 5 nitrogen and oxygen atoms in total. The van der Waals surface area contributed by atoms with Crippen LogP contribution < -0.4 is 11.3 Å². The van der Waals surface area contributed by atoms with Crippen molar-refractivity contribution in [2.24, 2.45) is 5.84 Å². The normalized spacial score (nSPS) is 28.1. The highest BCUT2D eigenvalue weighted by molar-refractivity contribution is 5.33. The van der Waals surface area contributed by atoms with E-state index in [4.69, 9.17) is 10.6 Å². The Hall–Kier alpha value is -1.17. The molecule has 1 aliphatic heterocycles. The number of hydrazine groups is 1. The Labute approximate surface area is 107 Å². The Balaban J connectivity index is 1.67. The number of anilines is 1. The number of ether oxygens (including phenoxy) is 1. The van der Waals surface area contributed by atoms with E-state index in [0.717, 1.165) is 19.7 Å². The summed E-state index contributed by atoms with van der Waals surface area (Å²) in [5.74, 6) is 6.02. The van der Waals surface area contributed by atoms with Crippen LogP contribution in [0.3, 0.4) is 0 Å². The standard InChI is InChI=1S/C13H20N4O/c14-16-13-5-4-10(8-15-13)9-17-6-7-18-12-3-1-2-11(12)17/h4-5,8,11-12H,1-3,6-7,9,14H2,(H,15,16). The second-order valence-corrected chi connectivity index (χ2v) is 5.07. The fourth-order valence-electron chi connectivity index (χ4n) is 3.04. The van der Waals surface area contributed by atoms with Crippen LogP contribution in [0.2, 0.25) is 0 Å². The number of hydrogen-bond donors (Lipinski definition) is 2. The quantitative estimate of drug-likeness (QED) is 0.620. The predicted octanol–water partition coefficient (Wildman–Crippen LogP) is 1.12. The Bertz CT molecular complexity index is 394. The number of aromatic nitrogens is 1. The summed E-state index contributed by atoms with van der Waals surface area (Å²) in [6.07, 6.45) is 6.13. The van der Waals surface area contributed by atoms with Gasteiger partial charge in [-0.3, -0.25) is 4.90 Å². The van der Waals surface area contributed by atoms with Crippen molar-refractivity contribution < 1.29 is 4.74 Å². The third kappa shape index (κ3) is 2.34. The molecule has 5 heteroatoms. The zero-order valence-electron chi connectivity index (χ0n) is 10.5. The molecule has 1 saturated heterocycles. The fraction of sp³-hybridized carbons (Fsp3) is 0.615. The van der Waals surface area contributed by atoms with Gasteiger partial charge in [0.2, 0.25) is 0 Å². The number of nitrogen functional groups attached to an aromatic ring is 1. The van der Waals surface area contributed by atoms with Crippen LogP contribution in [0.25, 0.3) is 0 Å². The highest BCUT2D eigenvalue weighted by atomic mass is 16.5. The molecule has 3 N–H and O–H groups in total. The Morgan fingerprint density at radius 1 is 1.44 bits per heavy atom. The first-order valence-corrected chi connectivity index (χ1v) is 6.64. The van der Waals surface area contributed by atoms with Crippen molar-refractivity contribution >= 4 is 5.82 Å². The zero-order valence-corrected chi connectivity index (χ0v) is 10.5. The molecule has 2 atom stereocenters. The van der Waals surface area contributed by atoms with Gasteiger partial charge in [0, 0.05) is 25.3 Å². The molecule has 0 spiro atoms. The number of nitrogens with two attached hydrogens (primary N) is 1. The first-order chi connectivity index (χ1) is 8.86. The van der Waals surface area contributed by atoms with Crippen LogP contribution in [0.1, 0.15) is 24.8 Å². The monoisotopic (exact) mass is 248 g/mol. The molecule has 18 heavy (non-hydrogen) atoms. The van der Waals surface area contributed by atoms with Gasteiger partial charge < -0.3 is 10.2 Å². The molecule has 3 rings (SSSR count). The average Bonchev–Trinajstić information content (AvgIpc) is 2.89. The second kappa shape index (κ2) is 5.22. The third-order valence-corrected chi connectivity index (χ3v) is 3.96. The van der Waals surface area contributed by atoms with Gasteiger partial charge in [0.05, 0.1) is 12.7 Å². The Kier molecular flexibility index (Phi) is 3.45. The lowest BCUT2D eigenvalue weighted by Gasteiger charge is -2.37. The van der Waals surface area contributed by atoms with E-state index in [1.165, 1.54) is 24.8 Å². The molecule has 2 unspecified atom stereocenters. The van der Waals surface area contributed by atoms with E-state index >= 15 is 0 Å². The van der Waals surface area contributed by atoms with E-state index in [1.807, 2.05) is 12.3 Å². The van der Waals surface area contributed by atoms with E-state index in [1.54, 1.807) is 0 Å². The van der Waals surface area contributed by atoms with Gasteiger partial charge in [0.15, 0.2) is 0 Å². The molecule has 1 saturated carbocycles. The first kappa shape index (κ1) is 11.9. The molecule has 98 valence electrons. The van der Waals surface area contributed by atoms with Crippen molar-refractivity contribution in [1.29, 1.82) is 0 Å². The van der Waals surface area contributed by atoms with E-state index < -0.39 is 0 Å². The lowest BCUT2D eigenvalue weighted by atomic mass is 10.1. The summed E-state index contributed by atoms with van der Waals surface area (Å²) in [5.41, 5.74) is 3.79. The van der Waals surface area contributed by atoms with Crippen molar-refractivity contribution in [3.8, 4) is 0 Å². The van der Waals surface area contributed by atoms with Gasteiger partial charge in [-0.1, -0.05) is 6.07 Å². The lowest BCUT2D eigenvalue weighted by molar-refractivity contribution is -0.0588. The summed E-state index contributed by atoms with van der Waals surface area (Å²) in [6, 6.07) is 4.61. The van der Waals surface area contributed by atoms with Crippen molar-refractivity contribution in [2.45, 2.75) is 38.0 Å². The van der Waals surface area contributed by atoms with E-state index in [9.17, 15) is 0 Å². The number of rotatable bonds is 3. The molecule has 0 radical (unpaired) electrons. The van der Waals surface area contributed by atoms with Gasteiger partial charge in [-0.25, -0.2) is 10.8 Å². The van der Waals surface area contributed by atoms with Crippen LogP contribution in [0.5, 0.6) is 0 Å². The summed E-state index contributed by atoms with van der Waals surface area (Å²) < 4.78 is 5.82. The van der Waals surface area contributed by atoms with E-state index in [2.05, 4.69) is 21.4 Å². The van der Waals surface area contributed by atoms with Crippen LogP contribution in [0, 0.1) is 0 Å². The van der Waals surface area contributed by atoms with Gasteiger partial charge in [-0.2, -0.15) is 0 Å². The number of nitrogens with one attached hydrogen (secondary N) is 1. The molecule has 2 aliphatic rings. The molecule has 1 aliphatic carbocycles. The van der Waals surface area contributed by atoms with Crippen LogP contribution in [-0.4, -0.2) is 35.2 Å². The van der Waals surface area contributed by atoms with Crippen LogP contribution in [-0.2, 0) is 11.3 Å². The molecule has 1 aromatic rings. The van der Waals surface area contributed by atoms with Gasteiger partial charge in [-0.15, -0.1) is 0 Å². The predicted molar refractivity (Wildman–Crippen MR) is 69.8 cm³/mol. The van der Waals surface area contributed by atoms with Gasteiger partial charge in [0.1, 0.15) is 5.82 Å². The third-order valence-electron chi connectivity index (χ3n) is 3.96.